The van der Waals surface area contributed by atoms with Crippen molar-refractivity contribution in [3.8, 4) is 0 Å². The highest BCUT2D eigenvalue weighted by molar-refractivity contribution is 5.12. The lowest BCUT2D eigenvalue weighted by Crippen LogP contribution is -2.22. The van der Waals surface area contributed by atoms with E-state index >= 15 is 0 Å². The van der Waals surface area contributed by atoms with Gasteiger partial charge in [0.05, 0.1) is 18.3 Å². The lowest BCUT2D eigenvalue weighted by molar-refractivity contribution is 0.267. The van der Waals surface area contributed by atoms with Gasteiger partial charge in [0, 0.05) is 18.7 Å². The minimum Gasteiger partial charge on any atom is -0.396 e. The molecule has 1 atom stereocenters. The van der Waals surface area contributed by atoms with Gasteiger partial charge in [0.15, 0.2) is 0 Å². The zero-order valence-corrected chi connectivity index (χ0v) is 9.07. The van der Waals surface area contributed by atoms with Crippen molar-refractivity contribution in [2.75, 3.05) is 13.2 Å². The summed E-state index contributed by atoms with van der Waals surface area (Å²) in [5, 5.41) is 13.3. The quantitative estimate of drug-likeness (QED) is 0.748. The third-order valence-electron chi connectivity index (χ3n) is 2.27. The van der Waals surface area contributed by atoms with Gasteiger partial charge in [-0.25, -0.2) is 0 Å². The molecule has 80 valence electrons. The van der Waals surface area contributed by atoms with Crippen molar-refractivity contribution in [2.24, 2.45) is 5.73 Å². The normalized spacial score (nSPS) is 14.4. The van der Waals surface area contributed by atoms with E-state index in [9.17, 15) is 0 Å². The number of aromatic nitrogens is 2. The van der Waals surface area contributed by atoms with E-state index in [-0.39, 0.29) is 18.1 Å². The fourth-order valence-electron chi connectivity index (χ4n) is 1.23. The van der Waals surface area contributed by atoms with Crippen LogP contribution >= 0.6 is 0 Å². The van der Waals surface area contributed by atoms with Crippen molar-refractivity contribution in [1.82, 2.24) is 9.78 Å². The Hall–Kier alpha value is -0.870. The van der Waals surface area contributed by atoms with Gasteiger partial charge in [-0.05, 0) is 26.3 Å². The topological polar surface area (TPSA) is 64.1 Å². The molecule has 0 saturated carbocycles. The summed E-state index contributed by atoms with van der Waals surface area (Å²) in [6, 6.07) is 0. The molecule has 1 aromatic rings. The van der Waals surface area contributed by atoms with E-state index < -0.39 is 0 Å². The average Bonchev–Trinajstić information content (AvgIpc) is 2.54. The van der Waals surface area contributed by atoms with Gasteiger partial charge in [-0.1, -0.05) is 0 Å². The first-order valence-corrected chi connectivity index (χ1v) is 4.85. The van der Waals surface area contributed by atoms with E-state index in [2.05, 4.69) is 25.9 Å². The second kappa shape index (κ2) is 4.11. The van der Waals surface area contributed by atoms with Gasteiger partial charge < -0.3 is 10.8 Å². The van der Waals surface area contributed by atoms with Crippen LogP contribution in [-0.2, 0) is 5.54 Å². The van der Waals surface area contributed by atoms with Crippen LogP contribution in [0.15, 0.2) is 12.4 Å². The van der Waals surface area contributed by atoms with Crippen molar-refractivity contribution < 1.29 is 5.11 Å². The second-order valence-corrected chi connectivity index (χ2v) is 4.50. The maximum Gasteiger partial charge on any atom is 0.0543 e. The molecule has 0 spiro atoms. The van der Waals surface area contributed by atoms with E-state index in [1.807, 2.05) is 10.9 Å². The highest BCUT2D eigenvalue weighted by atomic mass is 16.3. The van der Waals surface area contributed by atoms with Gasteiger partial charge in [-0.3, -0.25) is 4.68 Å². The van der Waals surface area contributed by atoms with E-state index in [0.29, 0.717) is 6.54 Å². The summed E-state index contributed by atoms with van der Waals surface area (Å²) < 4.78 is 1.89. The van der Waals surface area contributed by atoms with Gasteiger partial charge in [0.2, 0.25) is 0 Å². The van der Waals surface area contributed by atoms with Crippen molar-refractivity contribution >= 4 is 0 Å². The van der Waals surface area contributed by atoms with Gasteiger partial charge in [0.25, 0.3) is 0 Å². The van der Waals surface area contributed by atoms with Gasteiger partial charge in [-0.2, -0.15) is 5.10 Å². The van der Waals surface area contributed by atoms with Crippen LogP contribution < -0.4 is 5.73 Å². The summed E-state index contributed by atoms with van der Waals surface area (Å²) in [5.74, 6) is 0.00565. The molecule has 0 amide bonds. The zero-order chi connectivity index (χ0) is 10.8. The van der Waals surface area contributed by atoms with E-state index in [0.717, 1.165) is 5.56 Å². The molecular weight excluding hydrogens is 178 g/mol. The first-order chi connectivity index (χ1) is 6.49. The van der Waals surface area contributed by atoms with Crippen LogP contribution in [-0.4, -0.2) is 28.0 Å². The SMILES string of the molecule is CC(C)(C)n1cc(C(CN)CO)cn1. The predicted octanol–water partition coefficient (Wildman–Crippen LogP) is 0.673. The smallest absolute Gasteiger partial charge is 0.0543 e. The van der Waals surface area contributed by atoms with Crippen molar-refractivity contribution in [3.05, 3.63) is 18.0 Å². The monoisotopic (exact) mass is 197 g/mol. The molecule has 1 heterocycles. The van der Waals surface area contributed by atoms with Crippen LogP contribution in [0.2, 0.25) is 0 Å². The number of hydrogen-bond acceptors (Lipinski definition) is 3. The second-order valence-electron chi connectivity index (χ2n) is 4.50. The summed E-state index contributed by atoms with van der Waals surface area (Å²) in [5.41, 5.74) is 6.52. The Bertz CT molecular complexity index is 284. The Morgan fingerprint density at radius 3 is 2.57 bits per heavy atom. The van der Waals surface area contributed by atoms with Crippen LogP contribution in [0, 0.1) is 0 Å². The highest BCUT2D eigenvalue weighted by Gasteiger charge is 2.17. The van der Waals surface area contributed by atoms with Crippen LogP contribution in [0.1, 0.15) is 32.3 Å². The minimum atomic E-state index is -0.0210. The van der Waals surface area contributed by atoms with Crippen molar-refractivity contribution in [1.29, 1.82) is 0 Å². The molecule has 0 aliphatic rings. The average molecular weight is 197 g/mol. The van der Waals surface area contributed by atoms with Gasteiger partial charge in [-0.15, -0.1) is 0 Å². The fourth-order valence-corrected chi connectivity index (χ4v) is 1.23. The number of aliphatic hydroxyl groups excluding tert-OH is 1. The molecule has 1 unspecified atom stereocenters. The first-order valence-electron chi connectivity index (χ1n) is 4.85. The van der Waals surface area contributed by atoms with Crippen molar-refractivity contribution in [3.63, 3.8) is 0 Å². The molecular formula is C10H19N3O. The summed E-state index contributed by atoms with van der Waals surface area (Å²) >= 11 is 0. The molecule has 0 aromatic carbocycles. The number of nitrogens with two attached hydrogens (primary N) is 1. The number of hydrogen-bond donors (Lipinski definition) is 2. The lowest BCUT2D eigenvalue weighted by Gasteiger charge is -2.19. The fraction of sp³-hybridized carbons (Fsp3) is 0.700. The summed E-state index contributed by atoms with van der Waals surface area (Å²) in [7, 11) is 0. The third-order valence-corrected chi connectivity index (χ3v) is 2.27. The zero-order valence-electron chi connectivity index (χ0n) is 9.07. The molecule has 3 N–H and O–H groups in total. The lowest BCUT2D eigenvalue weighted by atomic mass is 10.0. The maximum atomic E-state index is 9.07. The molecule has 0 bridgehead atoms. The Kier molecular flexibility index (Phi) is 3.29. The third kappa shape index (κ3) is 2.33. The molecule has 0 fully saturated rings. The van der Waals surface area contributed by atoms with E-state index in [1.54, 1.807) is 6.20 Å². The van der Waals surface area contributed by atoms with E-state index in [4.69, 9.17) is 10.8 Å². The summed E-state index contributed by atoms with van der Waals surface area (Å²) in [6.45, 7) is 6.78. The van der Waals surface area contributed by atoms with Crippen LogP contribution in [0.5, 0.6) is 0 Å². The Labute approximate surface area is 84.7 Å². The molecule has 14 heavy (non-hydrogen) atoms. The Morgan fingerprint density at radius 2 is 2.21 bits per heavy atom. The largest absolute Gasteiger partial charge is 0.396 e. The number of nitrogens with zero attached hydrogens (tertiary/aromatic N) is 2. The molecule has 1 aromatic heterocycles. The molecule has 0 saturated heterocycles. The molecule has 0 aliphatic carbocycles. The van der Waals surface area contributed by atoms with Gasteiger partial charge >= 0.3 is 0 Å². The van der Waals surface area contributed by atoms with Crippen molar-refractivity contribution in [2.45, 2.75) is 32.2 Å². The van der Waals surface area contributed by atoms with Crippen LogP contribution in [0.4, 0.5) is 0 Å². The van der Waals surface area contributed by atoms with Crippen LogP contribution in [0.3, 0.4) is 0 Å². The molecule has 1 rings (SSSR count). The molecule has 4 heteroatoms. The van der Waals surface area contributed by atoms with E-state index in [1.165, 1.54) is 0 Å². The Morgan fingerprint density at radius 1 is 1.57 bits per heavy atom. The first kappa shape index (κ1) is 11.2. The Balaban J connectivity index is 2.87. The number of rotatable bonds is 3. The van der Waals surface area contributed by atoms with Crippen LogP contribution in [0.25, 0.3) is 0 Å². The molecule has 0 radical (unpaired) electrons. The number of aliphatic hydroxyl groups is 1. The minimum absolute atomic E-state index is 0.00565. The standard InChI is InChI=1S/C10H19N3O/c1-10(2,3)13-6-9(5-12-13)8(4-11)7-14/h5-6,8,14H,4,7,11H2,1-3H3. The molecule has 4 nitrogen and oxygen atoms in total. The summed E-state index contributed by atoms with van der Waals surface area (Å²) in [4.78, 5) is 0. The predicted molar refractivity (Wildman–Crippen MR) is 56.1 cm³/mol. The highest BCUT2D eigenvalue weighted by Crippen LogP contribution is 2.18. The molecule has 0 aliphatic heterocycles. The maximum absolute atomic E-state index is 9.07. The van der Waals surface area contributed by atoms with Gasteiger partial charge in [0.1, 0.15) is 0 Å². The summed E-state index contributed by atoms with van der Waals surface area (Å²) in [6.07, 6.45) is 3.73.